The topological polar surface area (TPSA) is 130 Å². The van der Waals surface area contributed by atoms with E-state index in [2.05, 4.69) is 9.88 Å². The van der Waals surface area contributed by atoms with Crippen molar-refractivity contribution in [2.24, 2.45) is 0 Å². The summed E-state index contributed by atoms with van der Waals surface area (Å²) in [5, 5.41) is 14.2. The van der Waals surface area contributed by atoms with E-state index < -0.39 is 29.9 Å². The van der Waals surface area contributed by atoms with Gasteiger partial charge in [0.2, 0.25) is 0 Å². The number of carbonyl (C=O) groups is 3. The number of benzene rings is 1. The number of halogens is 7. The van der Waals surface area contributed by atoms with Gasteiger partial charge in [0.1, 0.15) is 18.0 Å². The van der Waals surface area contributed by atoms with E-state index in [4.69, 9.17) is 29.3 Å². The van der Waals surface area contributed by atoms with Gasteiger partial charge in [-0.25, -0.2) is 14.0 Å². The van der Waals surface area contributed by atoms with Crippen LogP contribution in [0.3, 0.4) is 0 Å². The Morgan fingerprint density at radius 3 is 2.10 bits per heavy atom. The smallest absolute Gasteiger partial charge is 0.475 e. The van der Waals surface area contributed by atoms with Gasteiger partial charge in [0, 0.05) is 37.7 Å². The van der Waals surface area contributed by atoms with Crippen LogP contribution in [0.2, 0.25) is 0 Å². The van der Waals surface area contributed by atoms with Gasteiger partial charge in [-0.2, -0.15) is 26.3 Å². The second-order valence-corrected chi connectivity index (χ2v) is 8.66. The van der Waals surface area contributed by atoms with Crippen LogP contribution in [-0.2, 0) is 30.4 Å². The molecule has 1 unspecified atom stereocenters. The number of carboxylic acids is 2. The summed E-state index contributed by atoms with van der Waals surface area (Å²) in [6.07, 6.45) is -6.61. The summed E-state index contributed by atoms with van der Waals surface area (Å²) in [7, 11) is 0. The molecule has 2 saturated heterocycles. The lowest BCUT2D eigenvalue weighted by Gasteiger charge is -2.43. The summed E-state index contributed by atoms with van der Waals surface area (Å²) < 4.78 is 88.9. The van der Waals surface area contributed by atoms with Crippen molar-refractivity contribution in [1.29, 1.82) is 0 Å². The van der Waals surface area contributed by atoms with Crippen LogP contribution in [-0.4, -0.2) is 95.4 Å². The monoisotopic (exact) mass is 599 g/mol. The fourth-order valence-electron chi connectivity index (χ4n) is 3.64. The van der Waals surface area contributed by atoms with Crippen LogP contribution in [0.1, 0.15) is 5.56 Å². The predicted octanol–water partition coefficient (Wildman–Crippen LogP) is 3.12. The molecule has 10 nitrogen and oxygen atoms in total. The highest BCUT2D eigenvalue weighted by Crippen LogP contribution is 2.28. The molecule has 1 spiro atoms. The van der Waals surface area contributed by atoms with Crippen molar-refractivity contribution < 1.29 is 64.8 Å². The van der Waals surface area contributed by atoms with Crippen molar-refractivity contribution in [3.05, 3.63) is 60.2 Å². The second-order valence-electron chi connectivity index (χ2n) is 8.66. The molecule has 4 rings (SSSR count). The summed E-state index contributed by atoms with van der Waals surface area (Å²) in [6, 6.07) is 10.1. The summed E-state index contributed by atoms with van der Waals surface area (Å²) in [5.74, 6) is -6.05. The molecular weight excluding hydrogens is 575 g/mol. The predicted molar refractivity (Wildman–Crippen MR) is 125 cm³/mol. The molecule has 0 bridgehead atoms. The van der Waals surface area contributed by atoms with E-state index in [1.54, 1.807) is 29.4 Å². The Morgan fingerprint density at radius 1 is 0.976 bits per heavy atom. The first-order valence-corrected chi connectivity index (χ1v) is 11.5. The first-order valence-electron chi connectivity index (χ1n) is 11.5. The molecule has 1 amide bonds. The minimum atomic E-state index is -5.08. The SMILES string of the molecule is O=C(O)C(F)(F)F.O=C(O)C(F)(F)F.O=C1COC2(COCCN(Cc3ccncc3)C2)CN1c1cccc(F)c1. The van der Waals surface area contributed by atoms with Gasteiger partial charge in [-0.15, -0.1) is 0 Å². The second kappa shape index (κ2) is 14.2. The molecule has 2 aliphatic heterocycles. The van der Waals surface area contributed by atoms with Crippen molar-refractivity contribution >= 4 is 23.5 Å². The van der Waals surface area contributed by atoms with Crippen LogP contribution in [0, 0.1) is 5.82 Å². The van der Waals surface area contributed by atoms with E-state index in [1.807, 2.05) is 12.1 Å². The molecule has 0 aliphatic carbocycles. The van der Waals surface area contributed by atoms with Crippen LogP contribution < -0.4 is 4.90 Å². The third-order valence-electron chi connectivity index (χ3n) is 5.44. The van der Waals surface area contributed by atoms with Gasteiger partial charge < -0.3 is 24.6 Å². The lowest BCUT2D eigenvalue weighted by Crippen LogP contribution is -2.60. The molecule has 2 N–H and O–H groups in total. The number of alkyl halides is 6. The number of carboxylic acid groups (broad SMARTS) is 2. The van der Waals surface area contributed by atoms with E-state index in [0.29, 0.717) is 32.0 Å². The average Bonchev–Trinajstić information content (AvgIpc) is 3.07. The third kappa shape index (κ3) is 10.9. The average molecular weight is 599 g/mol. The lowest BCUT2D eigenvalue weighted by atomic mass is 10.0. The molecule has 2 aliphatic rings. The molecule has 226 valence electrons. The van der Waals surface area contributed by atoms with Crippen molar-refractivity contribution in [3.8, 4) is 0 Å². The van der Waals surface area contributed by atoms with Gasteiger partial charge >= 0.3 is 24.3 Å². The van der Waals surface area contributed by atoms with Gasteiger partial charge in [0.15, 0.2) is 0 Å². The zero-order chi connectivity index (χ0) is 30.8. The zero-order valence-electron chi connectivity index (χ0n) is 21.0. The summed E-state index contributed by atoms with van der Waals surface area (Å²) in [4.78, 5) is 38.1. The summed E-state index contributed by atoms with van der Waals surface area (Å²) in [5.41, 5.74) is 1.08. The number of nitrogens with zero attached hydrogens (tertiary/aromatic N) is 3. The van der Waals surface area contributed by atoms with Gasteiger partial charge in [-0.1, -0.05) is 6.07 Å². The number of amides is 1. The Kier molecular flexibility index (Phi) is 11.5. The maximum absolute atomic E-state index is 13.6. The lowest BCUT2D eigenvalue weighted by molar-refractivity contribution is -0.193. The molecule has 0 saturated carbocycles. The Bertz CT molecular complexity index is 1160. The molecule has 3 heterocycles. The molecule has 1 atom stereocenters. The van der Waals surface area contributed by atoms with Crippen molar-refractivity contribution in [2.75, 3.05) is 44.4 Å². The number of hydrogen-bond donors (Lipinski definition) is 2. The van der Waals surface area contributed by atoms with Crippen molar-refractivity contribution in [3.63, 3.8) is 0 Å². The van der Waals surface area contributed by atoms with E-state index >= 15 is 0 Å². The highest BCUT2D eigenvalue weighted by atomic mass is 19.4. The Morgan fingerprint density at radius 2 is 1.56 bits per heavy atom. The van der Waals surface area contributed by atoms with Crippen LogP contribution in [0.5, 0.6) is 0 Å². The molecule has 41 heavy (non-hydrogen) atoms. The van der Waals surface area contributed by atoms with Crippen molar-refractivity contribution in [1.82, 2.24) is 9.88 Å². The highest BCUT2D eigenvalue weighted by molar-refractivity contribution is 5.95. The molecule has 2 fully saturated rings. The largest absolute Gasteiger partial charge is 0.490 e. The number of ether oxygens (including phenoxy) is 2. The number of rotatable bonds is 3. The molecule has 1 aromatic carbocycles. The maximum atomic E-state index is 13.6. The van der Waals surface area contributed by atoms with E-state index in [9.17, 15) is 35.5 Å². The number of hydrogen-bond acceptors (Lipinski definition) is 7. The van der Waals surface area contributed by atoms with Gasteiger partial charge in [0.25, 0.3) is 5.91 Å². The van der Waals surface area contributed by atoms with E-state index in [-0.39, 0.29) is 18.3 Å². The van der Waals surface area contributed by atoms with Crippen LogP contribution in [0.25, 0.3) is 0 Å². The van der Waals surface area contributed by atoms with Crippen LogP contribution >= 0.6 is 0 Å². The highest BCUT2D eigenvalue weighted by Gasteiger charge is 2.43. The van der Waals surface area contributed by atoms with Crippen LogP contribution in [0.4, 0.5) is 36.4 Å². The fraction of sp³-hybridized carbons (Fsp3) is 0.417. The standard InChI is InChI=1S/C20H22FN3O3.2C2HF3O2/c21-17-2-1-3-18(10-17)24-14-20(27-12-19(24)25)13-23(8-9-26-15-20)11-16-4-6-22-7-5-16;2*3-2(4,5)1(6)7/h1-7,10H,8-9,11-15H2;2*(H,6,7). The number of aromatic nitrogens is 1. The van der Waals surface area contributed by atoms with Crippen molar-refractivity contribution in [2.45, 2.75) is 24.5 Å². The zero-order valence-corrected chi connectivity index (χ0v) is 21.0. The minimum Gasteiger partial charge on any atom is -0.475 e. The Balaban J connectivity index is 0.000000349. The van der Waals surface area contributed by atoms with Gasteiger partial charge in [0.05, 0.1) is 19.8 Å². The number of morpholine rings is 1. The number of aliphatic carboxylic acids is 2. The van der Waals surface area contributed by atoms with Gasteiger partial charge in [-0.05, 0) is 35.9 Å². The molecule has 1 aromatic heterocycles. The number of carbonyl (C=O) groups excluding carboxylic acids is 1. The van der Waals surface area contributed by atoms with E-state index in [1.165, 1.54) is 12.1 Å². The van der Waals surface area contributed by atoms with E-state index in [0.717, 1.165) is 18.7 Å². The Hall–Kier alpha value is -3.83. The molecule has 17 heteroatoms. The Labute approximate surface area is 227 Å². The molecule has 0 radical (unpaired) electrons. The number of pyridine rings is 1. The maximum Gasteiger partial charge on any atom is 0.490 e. The minimum absolute atomic E-state index is 0.0387. The summed E-state index contributed by atoms with van der Waals surface area (Å²) in [6.45, 7) is 3.47. The fourth-order valence-corrected chi connectivity index (χ4v) is 3.64. The summed E-state index contributed by atoms with van der Waals surface area (Å²) >= 11 is 0. The normalized spacial score (nSPS) is 19.8. The first kappa shape index (κ1) is 33.4. The van der Waals surface area contributed by atoms with Gasteiger partial charge in [-0.3, -0.25) is 14.7 Å². The molecular formula is C24H24F7N3O7. The van der Waals surface area contributed by atoms with Crippen LogP contribution in [0.15, 0.2) is 48.8 Å². The molecule has 2 aromatic rings. The number of anilines is 1. The first-order chi connectivity index (χ1) is 19.0. The third-order valence-corrected chi connectivity index (χ3v) is 5.44. The quantitative estimate of drug-likeness (QED) is 0.512.